The molecule has 0 atom stereocenters. The number of aromatic nitrogens is 2. The SMILES string of the molecule is Cc1ccccc1Nc1nc(C)c(C)c(N2CCc3ccccc3C2)n1. The van der Waals surface area contributed by atoms with Crippen LogP contribution < -0.4 is 10.2 Å². The third-order valence-corrected chi connectivity index (χ3v) is 5.19. The molecule has 0 unspecified atom stereocenters. The van der Waals surface area contributed by atoms with Crippen molar-refractivity contribution in [3.63, 3.8) is 0 Å². The van der Waals surface area contributed by atoms with Gasteiger partial charge in [0.05, 0.1) is 0 Å². The second-order valence-corrected chi connectivity index (χ2v) is 6.96. The number of rotatable bonds is 3. The minimum absolute atomic E-state index is 0.663. The first-order valence-corrected chi connectivity index (χ1v) is 9.11. The summed E-state index contributed by atoms with van der Waals surface area (Å²) in [4.78, 5) is 11.9. The van der Waals surface area contributed by atoms with Gasteiger partial charge in [0.1, 0.15) is 5.82 Å². The summed E-state index contributed by atoms with van der Waals surface area (Å²) in [5.41, 5.74) is 7.24. The molecular formula is C22H24N4. The molecule has 2 heterocycles. The molecule has 2 aromatic carbocycles. The normalized spacial score (nSPS) is 13.4. The van der Waals surface area contributed by atoms with Crippen molar-refractivity contribution in [2.45, 2.75) is 33.7 Å². The Kier molecular flexibility index (Phi) is 4.33. The quantitative estimate of drug-likeness (QED) is 0.747. The second kappa shape index (κ2) is 6.79. The van der Waals surface area contributed by atoms with Crippen molar-refractivity contribution in [2.75, 3.05) is 16.8 Å². The Labute approximate surface area is 154 Å². The topological polar surface area (TPSA) is 41.1 Å². The predicted molar refractivity (Wildman–Crippen MR) is 107 cm³/mol. The maximum Gasteiger partial charge on any atom is 0.229 e. The average molecular weight is 344 g/mol. The van der Waals surface area contributed by atoms with Gasteiger partial charge in [-0.15, -0.1) is 0 Å². The Bertz CT molecular complexity index is 949. The summed E-state index contributed by atoms with van der Waals surface area (Å²) in [6.07, 6.45) is 1.05. The first kappa shape index (κ1) is 16.6. The maximum atomic E-state index is 4.87. The van der Waals surface area contributed by atoms with E-state index >= 15 is 0 Å². The molecule has 132 valence electrons. The molecule has 0 fully saturated rings. The molecule has 4 heteroatoms. The molecule has 1 aromatic heterocycles. The highest BCUT2D eigenvalue weighted by molar-refractivity contribution is 5.61. The number of anilines is 3. The van der Waals surface area contributed by atoms with Gasteiger partial charge in [0, 0.05) is 30.0 Å². The lowest BCUT2D eigenvalue weighted by Crippen LogP contribution is -2.32. The average Bonchev–Trinajstić information content (AvgIpc) is 2.66. The van der Waals surface area contributed by atoms with E-state index in [-0.39, 0.29) is 0 Å². The second-order valence-electron chi connectivity index (χ2n) is 6.96. The third-order valence-electron chi connectivity index (χ3n) is 5.19. The van der Waals surface area contributed by atoms with Gasteiger partial charge in [-0.05, 0) is 49.9 Å². The van der Waals surface area contributed by atoms with Crippen LogP contribution >= 0.6 is 0 Å². The monoisotopic (exact) mass is 344 g/mol. The van der Waals surface area contributed by atoms with Gasteiger partial charge >= 0.3 is 0 Å². The van der Waals surface area contributed by atoms with E-state index in [0.717, 1.165) is 42.3 Å². The molecule has 1 aliphatic rings. The molecule has 0 saturated heterocycles. The van der Waals surface area contributed by atoms with E-state index in [2.05, 4.69) is 72.4 Å². The third kappa shape index (κ3) is 3.15. The fourth-order valence-electron chi connectivity index (χ4n) is 3.49. The van der Waals surface area contributed by atoms with Crippen LogP contribution in [0.5, 0.6) is 0 Å². The molecule has 0 aliphatic carbocycles. The fraction of sp³-hybridized carbons (Fsp3) is 0.273. The summed E-state index contributed by atoms with van der Waals surface area (Å²) in [6.45, 7) is 8.14. The summed E-state index contributed by atoms with van der Waals surface area (Å²) >= 11 is 0. The largest absolute Gasteiger partial charge is 0.352 e. The van der Waals surface area contributed by atoms with Crippen molar-refractivity contribution in [3.8, 4) is 0 Å². The molecule has 0 radical (unpaired) electrons. The molecule has 4 nitrogen and oxygen atoms in total. The number of nitrogens with zero attached hydrogens (tertiary/aromatic N) is 3. The Balaban J connectivity index is 1.67. The van der Waals surface area contributed by atoms with E-state index in [4.69, 9.17) is 4.98 Å². The smallest absolute Gasteiger partial charge is 0.229 e. The van der Waals surface area contributed by atoms with Crippen LogP contribution in [0.4, 0.5) is 17.5 Å². The van der Waals surface area contributed by atoms with Crippen molar-refractivity contribution < 1.29 is 0 Å². The number of hydrogen-bond acceptors (Lipinski definition) is 4. The molecule has 1 N–H and O–H groups in total. The van der Waals surface area contributed by atoms with Crippen molar-refractivity contribution >= 4 is 17.5 Å². The Morgan fingerprint density at radius 2 is 1.62 bits per heavy atom. The Morgan fingerprint density at radius 1 is 0.885 bits per heavy atom. The van der Waals surface area contributed by atoms with Gasteiger partial charge in [-0.1, -0.05) is 42.5 Å². The van der Waals surface area contributed by atoms with Crippen molar-refractivity contribution in [1.82, 2.24) is 9.97 Å². The van der Waals surface area contributed by atoms with Gasteiger partial charge in [0.15, 0.2) is 0 Å². The molecule has 3 aromatic rings. The zero-order chi connectivity index (χ0) is 18.1. The van der Waals surface area contributed by atoms with E-state index in [1.807, 2.05) is 12.1 Å². The van der Waals surface area contributed by atoms with E-state index in [1.165, 1.54) is 16.7 Å². The van der Waals surface area contributed by atoms with Crippen molar-refractivity contribution in [3.05, 3.63) is 76.5 Å². The highest BCUT2D eigenvalue weighted by atomic mass is 15.2. The lowest BCUT2D eigenvalue weighted by Gasteiger charge is -2.31. The van der Waals surface area contributed by atoms with E-state index in [1.54, 1.807) is 0 Å². The molecule has 0 amide bonds. The standard InChI is InChI=1S/C22H24N4/c1-15-8-4-7-11-20(15)24-22-23-17(3)16(2)21(25-22)26-13-12-18-9-5-6-10-19(18)14-26/h4-11H,12-14H2,1-3H3,(H,23,24,25). The number of hydrogen-bond donors (Lipinski definition) is 1. The molecule has 0 bridgehead atoms. The van der Waals surface area contributed by atoms with Gasteiger partial charge in [0.2, 0.25) is 5.95 Å². The summed E-state index contributed by atoms with van der Waals surface area (Å²) < 4.78 is 0. The lowest BCUT2D eigenvalue weighted by atomic mass is 9.99. The van der Waals surface area contributed by atoms with Crippen molar-refractivity contribution in [2.24, 2.45) is 0 Å². The van der Waals surface area contributed by atoms with Crippen LogP contribution in [0.15, 0.2) is 48.5 Å². The number of benzene rings is 2. The van der Waals surface area contributed by atoms with Gasteiger partial charge in [0.25, 0.3) is 0 Å². The van der Waals surface area contributed by atoms with Crippen LogP contribution in [-0.2, 0) is 13.0 Å². The Morgan fingerprint density at radius 3 is 2.42 bits per heavy atom. The Hall–Kier alpha value is -2.88. The van der Waals surface area contributed by atoms with Gasteiger partial charge in [-0.2, -0.15) is 4.98 Å². The van der Waals surface area contributed by atoms with Gasteiger partial charge < -0.3 is 10.2 Å². The summed E-state index contributed by atoms with van der Waals surface area (Å²) in [5, 5.41) is 3.39. The van der Waals surface area contributed by atoms with E-state index < -0.39 is 0 Å². The minimum atomic E-state index is 0.663. The minimum Gasteiger partial charge on any atom is -0.352 e. The van der Waals surface area contributed by atoms with Crippen LogP contribution in [-0.4, -0.2) is 16.5 Å². The first-order valence-electron chi connectivity index (χ1n) is 9.11. The van der Waals surface area contributed by atoms with Crippen LogP contribution in [0.3, 0.4) is 0 Å². The zero-order valence-electron chi connectivity index (χ0n) is 15.6. The number of aryl methyl sites for hydroxylation is 2. The molecule has 0 spiro atoms. The zero-order valence-corrected chi connectivity index (χ0v) is 15.6. The van der Waals surface area contributed by atoms with E-state index in [0.29, 0.717) is 5.95 Å². The lowest BCUT2D eigenvalue weighted by molar-refractivity contribution is 0.716. The van der Waals surface area contributed by atoms with Crippen LogP contribution in [0, 0.1) is 20.8 Å². The van der Waals surface area contributed by atoms with Crippen LogP contribution in [0.1, 0.15) is 27.9 Å². The summed E-state index contributed by atoms with van der Waals surface area (Å²) in [5.74, 6) is 1.69. The predicted octanol–water partition coefficient (Wildman–Crippen LogP) is 4.71. The number of nitrogens with one attached hydrogen (secondary N) is 1. The van der Waals surface area contributed by atoms with Crippen LogP contribution in [0.2, 0.25) is 0 Å². The first-order chi connectivity index (χ1) is 12.6. The highest BCUT2D eigenvalue weighted by Gasteiger charge is 2.20. The fourth-order valence-corrected chi connectivity index (χ4v) is 3.49. The molecule has 26 heavy (non-hydrogen) atoms. The maximum absolute atomic E-state index is 4.87. The molecule has 0 saturated carbocycles. The summed E-state index contributed by atoms with van der Waals surface area (Å²) in [7, 11) is 0. The number of para-hydroxylation sites is 1. The van der Waals surface area contributed by atoms with E-state index in [9.17, 15) is 0 Å². The molecular weight excluding hydrogens is 320 g/mol. The molecule has 4 rings (SSSR count). The molecule has 1 aliphatic heterocycles. The van der Waals surface area contributed by atoms with Gasteiger partial charge in [-0.25, -0.2) is 4.98 Å². The van der Waals surface area contributed by atoms with Gasteiger partial charge in [-0.3, -0.25) is 0 Å². The van der Waals surface area contributed by atoms with Crippen molar-refractivity contribution in [1.29, 1.82) is 0 Å². The highest BCUT2D eigenvalue weighted by Crippen LogP contribution is 2.28. The van der Waals surface area contributed by atoms with Crippen LogP contribution in [0.25, 0.3) is 0 Å². The summed E-state index contributed by atoms with van der Waals surface area (Å²) in [6, 6.07) is 16.9. The number of fused-ring (bicyclic) bond motifs is 1.